The molecule has 2 aromatic rings. The topological polar surface area (TPSA) is 38.5 Å². The highest BCUT2D eigenvalue weighted by Crippen LogP contribution is 2.20. The van der Waals surface area contributed by atoms with Gasteiger partial charge in [0.25, 0.3) is 0 Å². The second kappa shape index (κ2) is 6.70. The third-order valence-corrected chi connectivity index (χ3v) is 3.78. The Morgan fingerprint density at radius 3 is 2.63 bits per heavy atom. The zero-order valence-electron chi connectivity index (χ0n) is 11.4. The SMILES string of the molecule is COc1ccc(CN(C)Cc2ccsc2)cc1CN. The molecule has 0 aliphatic rings. The van der Waals surface area contributed by atoms with E-state index in [1.807, 2.05) is 6.07 Å². The van der Waals surface area contributed by atoms with E-state index in [4.69, 9.17) is 10.5 Å². The average Bonchev–Trinajstić information content (AvgIpc) is 2.91. The van der Waals surface area contributed by atoms with Crippen LogP contribution in [0.25, 0.3) is 0 Å². The Bertz CT molecular complexity index is 511. The molecule has 0 aliphatic carbocycles. The van der Waals surface area contributed by atoms with Crippen molar-refractivity contribution in [2.45, 2.75) is 19.6 Å². The van der Waals surface area contributed by atoms with Crippen LogP contribution in [0.2, 0.25) is 0 Å². The van der Waals surface area contributed by atoms with Gasteiger partial charge in [-0.3, -0.25) is 4.90 Å². The summed E-state index contributed by atoms with van der Waals surface area (Å²) in [6.45, 7) is 2.38. The smallest absolute Gasteiger partial charge is 0.123 e. The van der Waals surface area contributed by atoms with Crippen LogP contribution >= 0.6 is 11.3 Å². The first kappa shape index (κ1) is 14.1. The molecule has 0 saturated carbocycles. The van der Waals surface area contributed by atoms with E-state index in [2.05, 4.69) is 40.9 Å². The van der Waals surface area contributed by atoms with Crippen LogP contribution in [0.15, 0.2) is 35.0 Å². The predicted molar refractivity (Wildman–Crippen MR) is 80.4 cm³/mol. The van der Waals surface area contributed by atoms with Crippen molar-refractivity contribution in [3.63, 3.8) is 0 Å². The van der Waals surface area contributed by atoms with E-state index in [1.54, 1.807) is 18.4 Å². The molecule has 0 atom stereocenters. The molecule has 0 bridgehead atoms. The van der Waals surface area contributed by atoms with Crippen molar-refractivity contribution < 1.29 is 4.74 Å². The van der Waals surface area contributed by atoms with E-state index < -0.39 is 0 Å². The zero-order chi connectivity index (χ0) is 13.7. The fourth-order valence-corrected chi connectivity index (χ4v) is 2.81. The number of thiophene rings is 1. The highest BCUT2D eigenvalue weighted by Gasteiger charge is 2.06. The summed E-state index contributed by atoms with van der Waals surface area (Å²) in [5, 5.41) is 4.30. The second-order valence-electron chi connectivity index (χ2n) is 4.65. The molecule has 0 spiro atoms. The first-order valence-corrected chi connectivity index (χ1v) is 7.22. The lowest BCUT2D eigenvalue weighted by Gasteiger charge is -2.17. The minimum absolute atomic E-state index is 0.505. The molecule has 19 heavy (non-hydrogen) atoms. The third-order valence-electron chi connectivity index (χ3n) is 3.05. The molecule has 2 N–H and O–H groups in total. The Labute approximate surface area is 118 Å². The summed E-state index contributed by atoms with van der Waals surface area (Å²) in [6, 6.07) is 8.39. The summed E-state index contributed by atoms with van der Waals surface area (Å²) in [5.74, 6) is 0.867. The predicted octanol–water partition coefficient (Wildman–Crippen LogP) is 2.85. The summed E-state index contributed by atoms with van der Waals surface area (Å²) in [5.41, 5.74) is 9.43. The fourth-order valence-electron chi connectivity index (χ4n) is 2.15. The quantitative estimate of drug-likeness (QED) is 0.881. The van der Waals surface area contributed by atoms with E-state index in [9.17, 15) is 0 Å². The van der Waals surface area contributed by atoms with E-state index in [0.717, 1.165) is 24.4 Å². The van der Waals surface area contributed by atoms with Crippen LogP contribution in [0, 0.1) is 0 Å². The van der Waals surface area contributed by atoms with Crippen LogP contribution in [0.3, 0.4) is 0 Å². The first-order chi connectivity index (χ1) is 9.22. The molecule has 0 radical (unpaired) electrons. The Hall–Kier alpha value is -1.36. The minimum Gasteiger partial charge on any atom is -0.496 e. The van der Waals surface area contributed by atoms with Crippen molar-refractivity contribution >= 4 is 11.3 Å². The van der Waals surface area contributed by atoms with Gasteiger partial charge >= 0.3 is 0 Å². The molecule has 1 aromatic heterocycles. The number of methoxy groups -OCH3 is 1. The highest BCUT2D eigenvalue weighted by molar-refractivity contribution is 7.07. The number of nitrogens with zero attached hydrogens (tertiary/aromatic N) is 1. The van der Waals surface area contributed by atoms with Gasteiger partial charge in [0.1, 0.15) is 5.75 Å². The van der Waals surface area contributed by atoms with Gasteiger partial charge in [-0.2, -0.15) is 11.3 Å². The lowest BCUT2D eigenvalue weighted by atomic mass is 10.1. The normalized spacial score (nSPS) is 10.9. The van der Waals surface area contributed by atoms with E-state index in [-0.39, 0.29) is 0 Å². The van der Waals surface area contributed by atoms with E-state index in [1.165, 1.54) is 11.1 Å². The number of hydrogen-bond acceptors (Lipinski definition) is 4. The largest absolute Gasteiger partial charge is 0.496 e. The van der Waals surface area contributed by atoms with Gasteiger partial charge in [0.15, 0.2) is 0 Å². The molecule has 4 heteroatoms. The van der Waals surface area contributed by atoms with Gasteiger partial charge in [-0.25, -0.2) is 0 Å². The Morgan fingerprint density at radius 2 is 2.00 bits per heavy atom. The van der Waals surface area contributed by atoms with Crippen molar-refractivity contribution in [3.8, 4) is 5.75 Å². The number of hydrogen-bond donors (Lipinski definition) is 1. The van der Waals surface area contributed by atoms with Crippen LogP contribution in [0.1, 0.15) is 16.7 Å². The monoisotopic (exact) mass is 276 g/mol. The molecular weight excluding hydrogens is 256 g/mol. The Balaban J connectivity index is 2.02. The van der Waals surface area contributed by atoms with Gasteiger partial charge in [0.05, 0.1) is 7.11 Å². The summed E-state index contributed by atoms with van der Waals surface area (Å²) in [7, 11) is 3.81. The number of benzene rings is 1. The molecule has 3 nitrogen and oxygen atoms in total. The highest BCUT2D eigenvalue weighted by atomic mass is 32.1. The molecular formula is C15H20N2OS. The van der Waals surface area contributed by atoms with E-state index in [0.29, 0.717) is 6.54 Å². The Morgan fingerprint density at radius 1 is 1.21 bits per heavy atom. The molecule has 102 valence electrons. The molecule has 1 aromatic carbocycles. The summed E-state index contributed by atoms with van der Waals surface area (Å²) in [4.78, 5) is 2.30. The van der Waals surface area contributed by atoms with E-state index >= 15 is 0 Å². The summed E-state index contributed by atoms with van der Waals surface area (Å²) in [6.07, 6.45) is 0. The fraction of sp³-hybridized carbons (Fsp3) is 0.333. The maximum Gasteiger partial charge on any atom is 0.123 e. The molecule has 0 aliphatic heterocycles. The van der Waals surface area contributed by atoms with Gasteiger partial charge in [0, 0.05) is 25.2 Å². The van der Waals surface area contributed by atoms with Gasteiger partial charge < -0.3 is 10.5 Å². The van der Waals surface area contributed by atoms with Gasteiger partial charge in [-0.1, -0.05) is 6.07 Å². The number of nitrogens with two attached hydrogens (primary N) is 1. The standard InChI is InChI=1S/C15H20N2OS/c1-17(10-13-5-6-19-11-13)9-12-3-4-15(18-2)14(7-12)8-16/h3-7,11H,8-10,16H2,1-2H3. The minimum atomic E-state index is 0.505. The lowest BCUT2D eigenvalue weighted by Crippen LogP contribution is -2.17. The Kier molecular flexibility index (Phi) is 4.96. The van der Waals surface area contributed by atoms with Crippen molar-refractivity contribution in [1.82, 2.24) is 4.90 Å². The van der Waals surface area contributed by atoms with Crippen LogP contribution < -0.4 is 10.5 Å². The van der Waals surface area contributed by atoms with Gasteiger partial charge in [0.2, 0.25) is 0 Å². The molecule has 0 fully saturated rings. The van der Waals surface area contributed by atoms with Gasteiger partial charge in [-0.15, -0.1) is 0 Å². The van der Waals surface area contributed by atoms with Crippen molar-refractivity contribution in [1.29, 1.82) is 0 Å². The third kappa shape index (κ3) is 3.80. The second-order valence-corrected chi connectivity index (χ2v) is 5.43. The van der Waals surface area contributed by atoms with Crippen LogP contribution in [-0.4, -0.2) is 19.1 Å². The molecule has 1 heterocycles. The number of rotatable bonds is 6. The summed E-state index contributed by atoms with van der Waals surface area (Å²) >= 11 is 1.74. The summed E-state index contributed by atoms with van der Waals surface area (Å²) < 4.78 is 5.29. The molecule has 0 unspecified atom stereocenters. The van der Waals surface area contributed by atoms with Crippen molar-refractivity contribution in [2.75, 3.05) is 14.2 Å². The molecule has 0 saturated heterocycles. The maximum absolute atomic E-state index is 5.74. The molecule has 0 amide bonds. The van der Waals surface area contributed by atoms with Crippen molar-refractivity contribution in [3.05, 3.63) is 51.7 Å². The van der Waals surface area contributed by atoms with Gasteiger partial charge in [-0.05, 0) is 47.1 Å². The lowest BCUT2D eigenvalue weighted by molar-refractivity contribution is 0.319. The van der Waals surface area contributed by atoms with Crippen LogP contribution in [0.4, 0.5) is 0 Å². The number of ether oxygens (including phenoxy) is 1. The van der Waals surface area contributed by atoms with Crippen LogP contribution in [0.5, 0.6) is 5.75 Å². The molecule has 2 rings (SSSR count). The maximum atomic E-state index is 5.74. The van der Waals surface area contributed by atoms with Crippen molar-refractivity contribution in [2.24, 2.45) is 5.73 Å². The van der Waals surface area contributed by atoms with Crippen LogP contribution in [-0.2, 0) is 19.6 Å². The first-order valence-electron chi connectivity index (χ1n) is 6.28. The average molecular weight is 276 g/mol. The zero-order valence-corrected chi connectivity index (χ0v) is 12.2.